The maximum Gasteiger partial charge on any atom is 0.145 e. The van der Waals surface area contributed by atoms with Gasteiger partial charge in [-0.3, -0.25) is 9.00 Å². The van der Waals surface area contributed by atoms with Crippen LogP contribution in [0.15, 0.2) is 35.2 Å². The molecule has 1 atom stereocenters. The Morgan fingerprint density at radius 2 is 1.93 bits per heavy atom. The van der Waals surface area contributed by atoms with Gasteiger partial charge in [0.05, 0.1) is 16.6 Å². The number of rotatable bonds is 6. The SMILES string of the molecule is O=C(CCCO)CS(=O)c1ccccc1. The molecule has 1 N–H and O–H groups in total. The predicted octanol–water partition coefficient (Wildman–Crippen LogP) is 1.14. The summed E-state index contributed by atoms with van der Waals surface area (Å²) in [4.78, 5) is 12.0. The third-order valence-electron chi connectivity index (χ3n) is 1.91. The van der Waals surface area contributed by atoms with Crippen molar-refractivity contribution < 1.29 is 14.1 Å². The number of Topliss-reactive ketones (excluding diaryl/α,β-unsaturated/α-hetero) is 1. The molecule has 0 aliphatic carbocycles. The molecule has 1 aromatic rings. The molecule has 0 aliphatic heterocycles. The van der Waals surface area contributed by atoms with E-state index in [0.29, 0.717) is 17.7 Å². The number of aliphatic hydroxyl groups is 1. The van der Waals surface area contributed by atoms with Crippen molar-refractivity contribution in [2.24, 2.45) is 0 Å². The molecule has 1 aromatic carbocycles. The van der Waals surface area contributed by atoms with E-state index in [0.717, 1.165) is 0 Å². The van der Waals surface area contributed by atoms with Crippen molar-refractivity contribution in [1.29, 1.82) is 0 Å². The van der Waals surface area contributed by atoms with Crippen LogP contribution in [0, 0.1) is 0 Å². The van der Waals surface area contributed by atoms with E-state index in [9.17, 15) is 9.00 Å². The summed E-state index contributed by atoms with van der Waals surface area (Å²) < 4.78 is 11.6. The second kappa shape index (κ2) is 6.48. The Bertz CT molecular complexity index is 335. The number of benzene rings is 1. The minimum atomic E-state index is -1.25. The Kier molecular flexibility index (Phi) is 5.21. The molecule has 0 spiro atoms. The number of aliphatic hydroxyl groups excluding tert-OH is 1. The molecule has 1 rings (SSSR count). The molecule has 0 fully saturated rings. The van der Waals surface area contributed by atoms with E-state index in [1.165, 1.54) is 0 Å². The molecule has 1 unspecified atom stereocenters. The summed E-state index contributed by atoms with van der Waals surface area (Å²) in [5.41, 5.74) is 0. The van der Waals surface area contributed by atoms with Crippen LogP contribution in [-0.4, -0.2) is 27.5 Å². The maximum absolute atomic E-state index is 11.6. The van der Waals surface area contributed by atoms with E-state index in [1.807, 2.05) is 6.07 Å². The number of carbonyl (C=O) groups is 1. The van der Waals surface area contributed by atoms with Gasteiger partial charge in [-0.25, -0.2) is 0 Å². The third kappa shape index (κ3) is 4.36. The molecule has 0 bridgehead atoms. The second-order valence-electron chi connectivity index (χ2n) is 3.17. The van der Waals surface area contributed by atoms with Crippen molar-refractivity contribution in [1.82, 2.24) is 0 Å². The van der Waals surface area contributed by atoms with E-state index in [-0.39, 0.29) is 18.1 Å². The van der Waals surface area contributed by atoms with Crippen molar-refractivity contribution >= 4 is 16.6 Å². The van der Waals surface area contributed by atoms with Gasteiger partial charge in [-0.1, -0.05) is 18.2 Å². The molecule has 15 heavy (non-hydrogen) atoms. The first-order valence-corrected chi connectivity index (χ1v) is 6.12. The number of carbonyl (C=O) groups excluding carboxylic acids is 1. The molecular formula is C11H14O3S. The van der Waals surface area contributed by atoms with Crippen LogP contribution in [0.3, 0.4) is 0 Å². The third-order valence-corrected chi connectivity index (χ3v) is 3.29. The summed E-state index contributed by atoms with van der Waals surface area (Å²) >= 11 is 0. The topological polar surface area (TPSA) is 54.4 Å². The van der Waals surface area contributed by atoms with Gasteiger partial charge in [-0.15, -0.1) is 0 Å². The van der Waals surface area contributed by atoms with E-state index in [4.69, 9.17) is 5.11 Å². The molecule has 3 nitrogen and oxygen atoms in total. The lowest BCUT2D eigenvalue weighted by Crippen LogP contribution is -2.10. The normalized spacial score (nSPS) is 12.3. The fourth-order valence-corrected chi connectivity index (χ4v) is 2.21. The van der Waals surface area contributed by atoms with E-state index < -0.39 is 10.8 Å². The fourth-order valence-electron chi connectivity index (χ4n) is 1.15. The van der Waals surface area contributed by atoms with Crippen LogP contribution in [0.1, 0.15) is 12.8 Å². The van der Waals surface area contributed by atoms with E-state index in [1.54, 1.807) is 24.3 Å². The van der Waals surface area contributed by atoms with Crippen LogP contribution in [-0.2, 0) is 15.6 Å². The zero-order valence-electron chi connectivity index (χ0n) is 8.39. The van der Waals surface area contributed by atoms with Crippen molar-refractivity contribution in [2.45, 2.75) is 17.7 Å². The van der Waals surface area contributed by atoms with Gasteiger partial charge in [0.2, 0.25) is 0 Å². The Morgan fingerprint density at radius 1 is 1.27 bits per heavy atom. The minimum absolute atomic E-state index is 0.00368. The predicted molar refractivity (Wildman–Crippen MR) is 59.0 cm³/mol. The second-order valence-corrected chi connectivity index (χ2v) is 4.62. The average Bonchev–Trinajstić information content (AvgIpc) is 2.27. The Balaban J connectivity index is 2.46. The molecule has 82 valence electrons. The van der Waals surface area contributed by atoms with Gasteiger partial charge in [-0.05, 0) is 18.6 Å². The number of ketones is 1. The summed E-state index contributed by atoms with van der Waals surface area (Å²) in [6, 6.07) is 8.93. The van der Waals surface area contributed by atoms with Gasteiger partial charge in [-0.2, -0.15) is 0 Å². The Hall–Kier alpha value is -1.00. The smallest absolute Gasteiger partial charge is 0.145 e. The maximum atomic E-state index is 11.6. The number of hydrogen-bond acceptors (Lipinski definition) is 3. The highest BCUT2D eigenvalue weighted by Crippen LogP contribution is 2.06. The van der Waals surface area contributed by atoms with Gasteiger partial charge < -0.3 is 5.11 Å². The lowest BCUT2D eigenvalue weighted by molar-refractivity contribution is -0.116. The van der Waals surface area contributed by atoms with Crippen molar-refractivity contribution in [3.8, 4) is 0 Å². The van der Waals surface area contributed by atoms with Crippen LogP contribution >= 0.6 is 0 Å². The fraction of sp³-hybridized carbons (Fsp3) is 0.364. The average molecular weight is 226 g/mol. The largest absolute Gasteiger partial charge is 0.396 e. The molecule has 0 radical (unpaired) electrons. The lowest BCUT2D eigenvalue weighted by Gasteiger charge is -2.00. The summed E-state index contributed by atoms with van der Waals surface area (Å²) in [6.45, 7) is 0.00368. The Labute approximate surface area is 91.6 Å². The first-order chi connectivity index (χ1) is 7.24. The van der Waals surface area contributed by atoms with Crippen molar-refractivity contribution in [2.75, 3.05) is 12.4 Å². The van der Waals surface area contributed by atoms with Gasteiger partial charge in [0.1, 0.15) is 5.78 Å². The Morgan fingerprint density at radius 3 is 2.53 bits per heavy atom. The van der Waals surface area contributed by atoms with Gasteiger partial charge in [0.15, 0.2) is 0 Å². The standard InChI is InChI=1S/C11H14O3S/c12-8-4-5-10(13)9-15(14)11-6-2-1-3-7-11/h1-3,6-7,12H,4-5,8-9H2. The summed E-state index contributed by atoms with van der Waals surface area (Å²) in [5, 5.41) is 8.54. The molecule has 0 heterocycles. The first kappa shape index (κ1) is 12.1. The molecular weight excluding hydrogens is 212 g/mol. The van der Waals surface area contributed by atoms with Crippen molar-refractivity contribution in [3.63, 3.8) is 0 Å². The van der Waals surface area contributed by atoms with Crippen LogP contribution in [0.5, 0.6) is 0 Å². The summed E-state index contributed by atoms with van der Waals surface area (Å²) in [5.74, 6) is -0.0180. The number of hydrogen-bond donors (Lipinski definition) is 1. The quantitative estimate of drug-likeness (QED) is 0.791. The van der Waals surface area contributed by atoms with Crippen molar-refractivity contribution in [3.05, 3.63) is 30.3 Å². The molecule has 0 aliphatic rings. The summed E-state index contributed by atoms with van der Waals surface area (Å²) in [7, 11) is -1.25. The molecule has 0 saturated heterocycles. The highest BCUT2D eigenvalue weighted by atomic mass is 32.2. The highest BCUT2D eigenvalue weighted by molar-refractivity contribution is 7.85. The van der Waals surface area contributed by atoms with Gasteiger partial charge in [0.25, 0.3) is 0 Å². The van der Waals surface area contributed by atoms with Gasteiger partial charge >= 0.3 is 0 Å². The first-order valence-electron chi connectivity index (χ1n) is 4.80. The zero-order chi connectivity index (χ0) is 11.1. The molecule has 4 heteroatoms. The minimum Gasteiger partial charge on any atom is -0.396 e. The van der Waals surface area contributed by atoms with E-state index in [2.05, 4.69) is 0 Å². The van der Waals surface area contributed by atoms with E-state index >= 15 is 0 Å². The lowest BCUT2D eigenvalue weighted by atomic mass is 10.2. The van der Waals surface area contributed by atoms with Gasteiger partial charge in [0, 0.05) is 17.9 Å². The monoisotopic (exact) mass is 226 g/mol. The molecule has 0 saturated carbocycles. The van der Waals surface area contributed by atoms with Crippen LogP contribution in [0.2, 0.25) is 0 Å². The highest BCUT2D eigenvalue weighted by Gasteiger charge is 2.09. The van der Waals surface area contributed by atoms with Crippen LogP contribution in [0.4, 0.5) is 0 Å². The summed E-state index contributed by atoms with van der Waals surface area (Å²) in [6.07, 6.45) is 0.750. The van der Waals surface area contributed by atoms with Crippen LogP contribution in [0.25, 0.3) is 0 Å². The molecule has 0 aromatic heterocycles. The molecule has 0 amide bonds. The zero-order valence-corrected chi connectivity index (χ0v) is 9.20. The van der Waals surface area contributed by atoms with Crippen LogP contribution < -0.4 is 0 Å².